The van der Waals surface area contributed by atoms with Crippen LogP contribution < -0.4 is 11.1 Å². The normalized spacial score (nSPS) is 19.8. The molecule has 1 aliphatic heterocycles. The summed E-state index contributed by atoms with van der Waals surface area (Å²) in [6.07, 6.45) is 2.00. The molecule has 1 fully saturated rings. The summed E-state index contributed by atoms with van der Waals surface area (Å²) >= 11 is 1.21. The summed E-state index contributed by atoms with van der Waals surface area (Å²) in [6, 6.07) is 4.64. The van der Waals surface area contributed by atoms with Gasteiger partial charge in [-0.25, -0.2) is 4.39 Å². The molecule has 1 aromatic carbocycles. The van der Waals surface area contributed by atoms with Crippen molar-refractivity contribution in [2.24, 2.45) is 0 Å². The first-order chi connectivity index (χ1) is 10.1. The van der Waals surface area contributed by atoms with Crippen LogP contribution in [-0.4, -0.2) is 24.7 Å². The summed E-state index contributed by atoms with van der Waals surface area (Å²) in [5, 5.41) is 3.23. The molecule has 6 heteroatoms. The van der Waals surface area contributed by atoms with Crippen molar-refractivity contribution in [2.75, 3.05) is 12.3 Å². The second-order valence-corrected chi connectivity index (χ2v) is 6.32. The van der Waals surface area contributed by atoms with E-state index in [1.54, 1.807) is 12.1 Å². The van der Waals surface area contributed by atoms with E-state index in [1.807, 2.05) is 6.92 Å². The van der Waals surface area contributed by atoms with Gasteiger partial charge >= 0.3 is 0 Å². The summed E-state index contributed by atoms with van der Waals surface area (Å²) in [6.45, 7) is 2.65. The molecule has 4 nitrogen and oxygen atoms in total. The lowest BCUT2D eigenvalue weighted by atomic mass is 10.1. The molecule has 2 unspecified atom stereocenters. The van der Waals surface area contributed by atoms with E-state index in [0.717, 1.165) is 19.4 Å². The molecule has 0 saturated carbocycles. The standard InChI is InChI=1S/C15H17FN2O2S/c1-8(10-5-3-7-20-10)18-15(19)14-13(17)12-9(16)4-2-6-11(12)21-14/h2,4,6,8,10H,3,5,7,17H2,1H3,(H,18,19). The minimum Gasteiger partial charge on any atom is -0.397 e. The summed E-state index contributed by atoms with van der Waals surface area (Å²) in [4.78, 5) is 12.7. The molecule has 1 amide bonds. The molecule has 3 N–H and O–H groups in total. The number of hydrogen-bond donors (Lipinski definition) is 2. The number of rotatable bonds is 3. The van der Waals surface area contributed by atoms with Crippen molar-refractivity contribution < 1.29 is 13.9 Å². The smallest absolute Gasteiger partial charge is 0.263 e. The van der Waals surface area contributed by atoms with E-state index >= 15 is 0 Å². The molecule has 1 saturated heterocycles. The van der Waals surface area contributed by atoms with E-state index in [9.17, 15) is 9.18 Å². The lowest BCUT2D eigenvalue weighted by Gasteiger charge is -2.19. The number of carbonyl (C=O) groups excluding carboxylic acids is 1. The topological polar surface area (TPSA) is 64.4 Å². The number of carbonyl (C=O) groups is 1. The maximum Gasteiger partial charge on any atom is 0.263 e. The van der Waals surface area contributed by atoms with Gasteiger partial charge < -0.3 is 15.8 Å². The summed E-state index contributed by atoms with van der Waals surface area (Å²) in [7, 11) is 0. The van der Waals surface area contributed by atoms with Gasteiger partial charge in [0.15, 0.2) is 0 Å². The van der Waals surface area contributed by atoms with Crippen LogP contribution in [0.4, 0.5) is 10.1 Å². The number of nitrogen functional groups attached to an aromatic ring is 1. The van der Waals surface area contributed by atoms with Crippen LogP contribution in [-0.2, 0) is 4.74 Å². The zero-order chi connectivity index (χ0) is 15.0. The molecule has 0 aliphatic carbocycles. The van der Waals surface area contributed by atoms with Gasteiger partial charge in [-0.05, 0) is 31.9 Å². The van der Waals surface area contributed by atoms with Crippen LogP contribution >= 0.6 is 11.3 Å². The fourth-order valence-electron chi connectivity index (χ4n) is 2.66. The highest BCUT2D eigenvalue weighted by Crippen LogP contribution is 2.35. The van der Waals surface area contributed by atoms with E-state index in [1.165, 1.54) is 17.4 Å². The quantitative estimate of drug-likeness (QED) is 0.916. The largest absolute Gasteiger partial charge is 0.397 e. The molecular weight excluding hydrogens is 291 g/mol. The first-order valence-electron chi connectivity index (χ1n) is 6.97. The molecule has 3 rings (SSSR count). The van der Waals surface area contributed by atoms with Crippen molar-refractivity contribution in [3.05, 3.63) is 28.9 Å². The van der Waals surface area contributed by atoms with Crippen LogP contribution in [0.5, 0.6) is 0 Å². The predicted octanol–water partition coefficient (Wildman–Crippen LogP) is 2.92. The van der Waals surface area contributed by atoms with E-state index < -0.39 is 5.82 Å². The average molecular weight is 308 g/mol. The molecule has 2 atom stereocenters. The van der Waals surface area contributed by atoms with Crippen molar-refractivity contribution in [3.63, 3.8) is 0 Å². The molecule has 112 valence electrons. The zero-order valence-electron chi connectivity index (χ0n) is 11.7. The molecule has 21 heavy (non-hydrogen) atoms. The minimum atomic E-state index is -0.396. The summed E-state index contributed by atoms with van der Waals surface area (Å²) in [5.41, 5.74) is 6.16. The van der Waals surface area contributed by atoms with Crippen LogP contribution in [0.25, 0.3) is 10.1 Å². The van der Waals surface area contributed by atoms with E-state index in [-0.39, 0.29) is 23.7 Å². The van der Waals surface area contributed by atoms with Crippen LogP contribution in [0.3, 0.4) is 0 Å². The summed E-state index contributed by atoms with van der Waals surface area (Å²) in [5.74, 6) is -0.663. The van der Waals surface area contributed by atoms with E-state index in [0.29, 0.717) is 15.0 Å². The number of benzene rings is 1. The monoisotopic (exact) mass is 308 g/mol. The SMILES string of the molecule is CC(NC(=O)c1sc2cccc(F)c2c1N)C1CCCO1. The molecular formula is C15H17FN2O2S. The van der Waals surface area contributed by atoms with Gasteiger partial charge in [-0.1, -0.05) is 6.07 Å². The van der Waals surface area contributed by atoms with E-state index in [2.05, 4.69) is 5.32 Å². The number of ether oxygens (including phenoxy) is 1. The average Bonchev–Trinajstić information content (AvgIpc) is 3.07. The van der Waals surface area contributed by atoms with Gasteiger partial charge in [0.2, 0.25) is 0 Å². The number of nitrogens with two attached hydrogens (primary N) is 1. The third-order valence-electron chi connectivity index (χ3n) is 3.79. The molecule has 1 aliphatic rings. The zero-order valence-corrected chi connectivity index (χ0v) is 12.5. The Bertz CT molecular complexity index is 680. The number of fused-ring (bicyclic) bond motifs is 1. The van der Waals surface area contributed by atoms with Gasteiger partial charge in [0.25, 0.3) is 5.91 Å². The molecule has 1 aromatic heterocycles. The van der Waals surface area contributed by atoms with Crippen molar-refractivity contribution in [2.45, 2.75) is 31.9 Å². The van der Waals surface area contributed by atoms with Crippen LogP contribution in [0.2, 0.25) is 0 Å². The van der Waals surface area contributed by atoms with Crippen molar-refractivity contribution in [3.8, 4) is 0 Å². The van der Waals surface area contributed by atoms with Gasteiger partial charge in [-0.3, -0.25) is 4.79 Å². The molecule has 2 heterocycles. The Kier molecular flexibility index (Phi) is 3.82. The van der Waals surface area contributed by atoms with Gasteiger partial charge in [0, 0.05) is 11.3 Å². The van der Waals surface area contributed by atoms with Crippen LogP contribution in [0, 0.1) is 5.82 Å². The Morgan fingerprint density at radius 3 is 3.05 bits per heavy atom. The predicted molar refractivity (Wildman–Crippen MR) is 82.1 cm³/mol. The number of nitrogens with one attached hydrogen (secondary N) is 1. The highest BCUT2D eigenvalue weighted by molar-refractivity contribution is 7.21. The Hall–Kier alpha value is -1.66. The maximum absolute atomic E-state index is 13.8. The second-order valence-electron chi connectivity index (χ2n) is 5.27. The minimum absolute atomic E-state index is 0.0429. The van der Waals surface area contributed by atoms with Crippen molar-refractivity contribution >= 4 is 33.0 Å². The maximum atomic E-state index is 13.8. The molecule has 0 bridgehead atoms. The molecule has 0 radical (unpaired) electrons. The third-order valence-corrected chi connectivity index (χ3v) is 4.96. The first-order valence-corrected chi connectivity index (χ1v) is 7.78. The highest BCUT2D eigenvalue weighted by Gasteiger charge is 2.26. The Morgan fingerprint density at radius 2 is 2.38 bits per heavy atom. The van der Waals surface area contributed by atoms with Gasteiger partial charge in [0.1, 0.15) is 10.7 Å². The van der Waals surface area contributed by atoms with Gasteiger partial charge in [-0.2, -0.15) is 0 Å². The second kappa shape index (κ2) is 5.61. The Labute approximate surface area is 126 Å². The number of hydrogen-bond acceptors (Lipinski definition) is 4. The third kappa shape index (κ3) is 2.61. The van der Waals surface area contributed by atoms with Gasteiger partial charge in [0.05, 0.1) is 23.2 Å². The number of thiophene rings is 1. The first kappa shape index (κ1) is 14.3. The van der Waals surface area contributed by atoms with Gasteiger partial charge in [-0.15, -0.1) is 11.3 Å². The van der Waals surface area contributed by atoms with Crippen molar-refractivity contribution in [1.29, 1.82) is 0 Å². The number of amides is 1. The lowest BCUT2D eigenvalue weighted by molar-refractivity contribution is 0.0715. The van der Waals surface area contributed by atoms with E-state index in [4.69, 9.17) is 10.5 Å². The Balaban J connectivity index is 1.84. The van der Waals surface area contributed by atoms with Crippen molar-refractivity contribution in [1.82, 2.24) is 5.32 Å². The highest BCUT2D eigenvalue weighted by atomic mass is 32.1. The molecule has 0 spiro atoms. The number of anilines is 1. The lowest BCUT2D eigenvalue weighted by Crippen LogP contribution is -2.40. The fraction of sp³-hybridized carbons (Fsp3) is 0.400. The molecule has 2 aromatic rings. The summed E-state index contributed by atoms with van der Waals surface area (Å²) < 4.78 is 20.0. The Morgan fingerprint density at radius 1 is 1.57 bits per heavy atom. The van der Waals surface area contributed by atoms with Crippen LogP contribution in [0.15, 0.2) is 18.2 Å². The number of halogens is 1. The fourth-order valence-corrected chi connectivity index (χ4v) is 3.70. The van der Waals surface area contributed by atoms with Crippen LogP contribution in [0.1, 0.15) is 29.4 Å².